The summed E-state index contributed by atoms with van der Waals surface area (Å²) < 4.78 is 11.0. The molecule has 0 spiro atoms. The number of ether oxygens (including phenoxy) is 2. The van der Waals surface area contributed by atoms with Crippen LogP contribution in [0.5, 0.6) is 11.5 Å². The highest BCUT2D eigenvalue weighted by Crippen LogP contribution is 2.36. The Kier molecular flexibility index (Phi) is 18.7. The number of benzene rings is 2. The van der Waals surface area contributed by atoms with Crippen LogP contribution in [0.4, 0.5) is 0 Å². The Morgan fingerprint density at radius 1 is 0.625 bits per heavy atom. The van der Waals surface area contributed by atoms with Crippen molar-refractivity contribution in [3.8, 4) is 11.5 Å². The van der Waals surface area contributed by atoms with E-state index in [0.29, 0.717) is 24.6 Å². The number of ketones is 1. The van der Waals surface area contributed by atoms with Crippen molar-refractivity contribution in [1.29, 1.82) is 0 Å². The molecule has 0 saturated carbocycles. The zero-order chi connectivity index (χ0) is 41.4. The predicted octanol–water partition coefficient (Wildman–Crippen LogP) is 6.50. The van der Waals surface area contributed by atoms with E-state index in [0.717, 1.165) is 67.6 Å². The molecular formula is C44H64N4O8. The first-order chi connectivity index (χ1) is 26.6. The van der Waals surface area contributed by atoms with Gasteiger partial charge in [-0.1, -0.05) is 91.8 Å². The summed E-state index contributed by atoms with van der Waals surface area (Å²) in [6.45, 7) is 22.8. The van der Waals surface area contributed by atoms with Crippen LogP contribution in [-0.4, -0.2) is 96.8 Å². The monoisotopic (exact) mass is 776 g/mol. The molecule has 56 heavy (non-hydrogen) atoms. The highest BCUT2D eigenvalue weighted by atomic mass is 16.6. The van der Waals surface area contributed by atoms with E-state index >= 15 is 0 Å². The maximum absolute atomic E-state index is 12.4. The van der Waals surface area contributed by atoms with Crippen molar-refractivity contribution in [3.05, 3.63) is 70.5 Å². The van der Waals surface area contributed by atoms with Crippen molar-refractivity contribution in [1.82, 2.24) is 20.4 Å². The minimum absolute atomic E-state index is 0.144. The molecule has 0 aliphatic carbocycles. The van der Waals surface area contributed by atoms with Crippen molar-refractivity contribution < 1.29 is 38.6 Å². The molecular weight excluding hydrogens is 713 g/mol. The van der Waals surface area contributed by atoms with Crippen molar-refractivity contribution in [2.24, 2.45) is 0 Å². The molecule has 0 aromatic heterocycles. The van der Waals surface area contributed by atoms with Crippen molar-refractivity contribution in [2.45, 2.75) is 111 Å². The first-order valence-electron chi connectivity index (χ1n) is 20.2. The molecule has 0 bridgehead atoms. The summed E-state index contributed by atoms with van der Waals surface area (Å²) in [5.74, 6) is -2.88. The summed E-state index contributed by atoms with van der Waals surface area (Å²) in [6.07, 6.45) is 5.16. The molecule has 2 aliphatic heterocycles. The lowest BCUT2D eigenvalue weighted by Gasteiger charge is -2.18. The van der Waals surface area contributed by atoms with Gasteiger partial charge in [0.2, 0.25) is 23.4 Å². The Bertz CT molecular complexity index is 1620. The Balaban J connectivity index is 0.000000300. The maximum Gasteiger partial charge on any atom is 0.380 e. The topological polar surface area (TPSA) is 155 Å². The van der Waals surface area contributed by atoms with Gasteiger partial charge in [-0.05, 0) is 97.8 Å². The fraction of sp³-hybridized carbons (Fsp3) is 0.568. The summed E-state index contributed by atoms with van der Waals surface area (Å²) in [6, 6.07) is 11.5. The molecule has 3 N–H and O–H groups in total. The third-order valence-electron chi connectivity index (χ3n) is 9.93. The van der Waals surface area contributed by atoms with Gasteiger partial charge in [-0.25, -0.2) is 9.59 Å². The molecule has 2 amide bonds. The zero-order valence-electron chi connectivity index (χ0n) is 34.7. The average Bonchev–Trinajstić information content (AvgIpc) is 3.87. The Hall–Kier alpha value is -4.55. The fourth-order valence-electron chi connectivity index (χ4n) is 6.71. The molecule has 4 rings (SSSR count). The van der Waals surface area contributed by atoms with Gasteiger partial charge in [-0.2, -0.15) is 0 Å². The molecule has 2 aliphatic rings. The van der Waals surface area contributed by atoms with E-state index in [1.54, 1.807) is 0 Å². The van der Waals surface area contributed by atoms with E-state index in [4.69, 9.17) is 9.47 Å². The number of Topliss-reactive ketones (excluding diaryl/α,β-unsaturated/α-hetero) is 1. The summed E-state index contributed by atoms with van der Waals surface area (Å²) in [5.41, 5.74) is 3.54. The number of rotatable bonds is 17. The third-order valence-corrected chi connectivity index (χ3v) is 9.93. The van der Waals surface area contributed by atoms with Crippen LogP contribution < -0.4 is 20.1 Å². The van der Waals surface area contributed by atoms with E-state index in [9.17, 15) is 29.1 Å². The molecule has 0 atom stereocenters. The molecule has 308 valence electrons. The first-order valence-corrected chi connectivity index (χ1v) is 20.2. The summed E-state index contributed by atoms with van der Waals surface area (Å²) >= 11 is 0. The standard InChI is InChI=1S/2C22H32N2O4/c2*1-15(2)17-8-7-9-18(16(3)4)21(17)28-22(27)19(25)14-20(26)23-10-13-24-11-5-6-12-24/h7-9,15-16H,5-6,10-14H2,1-4H3,(H,23,26);7-9,14-16,25H,5-6,10-13H2,1-4H3,(H,23,26)/b;19-14-. The normalized spacial score (nSPS) is 14.9. The van der Waals surface area contributed by atoms with Crippen LogP contribution in [0, 0.1) is 0 Å². The predicted molar refractivity (Wildman–Crippen MR) is 218 cm³/mol. The molecule has 2 heterocycles. The van der Waals surface area contributed by atoms with E-state index < -0.39 is 41.7 Å². The molecule has 0 unspecified atom stereocenters. The number of amides is 2. The number of aliphatic hydroxyl groups is 1. The van der Waals surface area contributed by atoms with Crippen LogP contribution in [-0.2, 0) is 24.0 Å². The number of likely N-dealkylation sites (tertiary alicyclic amines) is 2. The highest BCUT2D eigenvalue weighted by molar-refractivity contribution is 6.37. The Morgan fingerprint density at radius 3 is 1.39 bits per heavy atom. The quantitative estimate of drug-likeness (QED) is 0.0405. The van der Waals surface area contributed by atoms with E-state index in [1.165, 1.54) is 25.7 Å². The first kappa shape index (κ1) is 45.8. The molecule has 0 radical (unpaired) electrons. The average molecular weight is 777 g/mol. The summed E-state index contributed by atoms with van der Waals surface area (Å²) in [5, 5.41) is 15.4. The van der Waals surface area contributed by atoms with Crippen molar-refractivity contribution >= 4 is 29.5 Å². The van der Waals surface area contributed by atoms with E-state index in [-0.39, 0.29) is 23.7 Å². The minimum Gasteiger partial charge on any atom is -0.502 e. The number of hydrogen-bond acceptors (Lipinski definition) is 10. The van der Waals surface area contributed by atoms with Crippen LogP contribution in [0.25, 0.3) is 0 Å². The molecule has 2 aromatic carbocycles. The van der Waals surface area contributed by atoms with Crippen LogP contribution in [0.3, 0.4) is 0 Å². The number of nitrogens with zero attached hydrogens (tertiary/aromatic N) is 2. The van der Waals surface area contributed by atoms with Crippen LogP contribution >= 0.6 is 0 Å². The van der Waals surface area contributed by atoms with Crippen molar-refractivity contribution in [3.63, 3.8) is 0 Å². The highest BCUT2D eigenvalue weighted by Gasteiger charge is 2.25. The van der Waals surface area contributed by atoms with Gasteiger partial charge >= 0.3 is 11.9 Å². The Morgan fingerprint density at radius 2 is 1.00 bits per heavy atom. The van der Waals surface area contributed by atoms with Gasteiger partial charge in [0.05, 0.1) is 12.5 Å². The van der Waals surface area contributed by atoms with Gasteiger partial charge in [-0.15, -0.1) is 0 Å². The van der Waals surface area contributed by atoms with Gasteiger partial charge in [0, 0.05) is 26.2 Å². The smallest absolute Gasteiger partial charge is 0.380 e. The fourth-order valence-corrected chi connectivity index (χ4v) is 6.71. The van der Waals surface area contributed by atoms with Crippen LogP contribution in [0.1, 0.15) is 133 Å². The number of hydrogen-bond donors (Lipinski definition) is 3. The SMILES string of the molecule is CC(C)c1cccc(C(C)C)c1OC(=O)/C(O)=C/C(=O)NCCN1CCCC1.CC(C)c1cccc(C(C)C)c1OC(=O)C(=O)CC(=O)NCCN1CCCC1. The molecule has 2 fully saturated rings. The van der Waals surface area contributed by atoms with Gasteiger partial charge in [-0.3, -0.25) is 14.4 Å². The second-order valence-electron chi connectivity index (χ2n) is 15.8. The number of para-hydroxylation sites is 2. The lowest BCUT2D eigenvalue weighted by atomic mass is 9.94. The number of aliphatic hydroxyl groups excluding tert-OH is 1. The van der Waals surface area contributed by atoms with Crippen molar-refractivity contribution in [2.75, 3.05) is 52.4 Å². The molecule has 2 saturated heterocycles. The zero-order valence-corrected chi connectivity index (χ0v) is 34.7. The number of esters is 2. The van der Waals surface area contributed by atoms with Gasteiger partial charge < -0.3 is 35.0 Å². The maximum atomic E-state index is 12.4. The third kappa shape index (κ3) is 14.5. The van der Waals surface area contributed by atoms with Crippen LogP contribution in [0.2, 0.25) is 0 Å². The lowest BCUT2D eigenvalue weighted by molar-refractivity contribution is -0.148. The van der Waals surface area contributed by atoms with Gasteiger partial charge in [0.1, 0.15) is 11.5 Å². The van der Waals surface area contributed by atoms with Crippen LogP contribution in [0.15, 0.2) is 48.2 Å². The second-order valence-corrected chi connectivity index (χ2v) is 15.8. The minimum atomic E-state index is -0.982. The summed E-state index contributed by atoms with van der Waals surface area (Å²) in [4.78, 5) is 65.3. The molecule has 12 nitrogen and oxygen atoms in total. The number of carbonyl (C=O) groups excluding carboxylic acids is 5. The Labute approximate surface area is 333 Å². The largest absolute Gasteiger partial charge is 0.502 e. The van der Waals surface area contributed by atoms with Gasteiger partial charge in [0.15, 0.2) is 0 Å². The lowest BCUT2D eigenvalue weighted by Crippen LogP contribution is -2.35. The summed E-state index contributed by atoms with van der Waals surface area (Å²) in [7, 11) is 0. The molecule has 2 aromatic rings. The number of nitrogens with one attached hydrogen (secondary N) is 2. The van der Waals surface area contributed by atoms with Gasteiger partial charge in [0.25, 0.3) is 0 Å². The van der Waals surface area contributed by atoms with E-state index in [1.807, 2.05) is 91.8 Å². The number of carbonyl (C=O) groups is 5. The second kappa shape index (κ2) is 22.9. The van der Waals surface area contributed by atoms with E-state index in [2.05, 4.69) is 20.4 Å². The molecule has 12 heteroatoms.